The van der Waals surface area contributed by atoms with Crippen LogP contribution in [0, 0.1) is 5.41 Å². The number of nitrogens with zero attached hydrogens (tertiary/aromatic N) is 2. The Kier molecular flexibility index (Phi) is 6.15. The van der Waals surface area contributed by atoms with Crippen LogP contribution in [0.4, 0.5) is 13.2 Å². The molecule has 8 heteroatoms. The number of aliphatic imine (C=N–C) groups is 1. The van der Waals surface area contributed by atoms with Crippen molar-refractivity contribution in [1.82, 2.24) is 15.5 Å². The molecule has 0 aliphatic carbocycles. The first-order chi connectivity index (χ1) is 12.1. The van der Waals surface area contributed by atoms with Crippen LogP contribution in [0.5, 0.6) is 0 Å². The lowest BCUT2D eigenvalue weighted by Crippen LogP contribution is -2.43. The Morgan fingerprint density at radius 2 is 1.81 bits per heavy atom. The first kappa shape index (κ1) is 20.1. The number of alkyl halides is 3. The van der Waals surface area contributed by atoms with Crippen molar-refractivity contribution in [1.29, 1.82) is 0 Å². The minimum absolute atomic E-state index is 0.198. The van der Waals surface area contributed by atoms with Gasteiger partial charge in [-0.25, -0.2) is 0 Å². The second kappa shape index (κ2) is 7.97. The first-order valence-electron chi connectivity index (χ1n) is 8.53. The maximum atomic E-state index is 12.5. The van der Waals surface area contributed by atoms with Crippen LogP contribution in [0.1, 0.15) is 36.2 Å². The van der Waals surface area contributed by atoms with Crippen molar-refractivity contribution < 1.29 is 18.0 Å². The molecular formula is C18H25F3N4O. The molecule has 5 nitrogen and oxygen atoms in total. The molecule has 1 aliphatic heterocycles. The summed E-state index contributed by atoms with van der Waals surface area (Å²) in [4.78, 5) is 18.4. The molecule has 1 amide bonds. The molecule has 1 fully saturated rings. The van der Waals surface area contributed by atoms with Crippen LogP contribution >= 0.6 is 0 Å². The van der Waals surface area contributed by atoms with E-state index in [4.69, 9.17) is 0 Å². The molecular weight excluding hydrogens is 345 g/mol. The summed E-state index contributed by atoms with van der Waals surface area (Å²) >= 11 is 0. The van der Waals surface area contributed by atoms with Crippen LogP contribution in [-0.4, -0.2) is 50.0 Å². The lowest BCUT2D eigenvalue weighted by atomic mass is 9.93. The molecule has 144 valence electrons. The van der Waals surface area contributed by atoms with Gasteiger partial charge in [0.25, 0.3) is 5.91 Å². The highest BCUT2D eigenvalue weighted by Gasteiger charge is 2.31. The van der Waals surface area contributed by atoms with E-state index in [0.717, 1.165) is 37.6 Å². The van der Waals surface area contributed by atoms with Crippen LogP contribution in [0.3, 0.4) is 0 Å². The molecule has 0 saturated carbocycles. The fourth-order valence-electron chi connectivity index (χ4n) is 2.89. The van der Waals surface area contributed by atoms with Crippen molar-refractivity contribution in [3.05, 3.63) is 35.4 Å². The van der Waals surface area contributed by atoms with Crippen LogP contribution in [-0.2, 0) is 6.18 Å². The second-order valence-electron chi connectivity index (χ2n) is 7.14. The maximum absolute atomic E-state index is 12.5. The number of carbonyl (C=O) groups excluding carboxylic acids is 1. The van der Waals surface area contributed by atoms with Gasteiger partial charge in [-0.1, -0.05) is 13.8 Å². The molecule has 1 aliphatic rings. The van der Waals surface area contributed by atoms with Crippen LogP contribution in [0.2, 0.25) is 0 Å². The third-order valence-corrected chi connectivity index (χ3v) is 4.36. The van der Waals surface area contributed by atoms with Gasteiger partial charge in [-0.05, 0) is 36.1 Å². The Labute approximate surface area is 151 Å². The summed E-state index contributed by atoms with van der Waals surface area (Å²) in [6.07, 6.45) is -3.31. The number of halogens is 3. The average molecular weight is 370 g/mol. The van der Waals surface area contributed by atoms with Crippen molar-refractivity contribution in [2.24, 2.45) is 10.4 Å². The number of carbonyl (C=O) groups is 1. The zero-order valence-corrected chi connectivity index (χ0v) is 15.3. The maximum Gasteiger partial charge on any atom is 0.416 e. The SMILES string of the molecule is CN=C(NCCNC(=O)c1ccc(C(F)(F)F)cc1)N1CCC(C)(C)C1. The van der Waals surface area contributed by atoms with E-state index in [-0.39, 0.29) is 11.0 Å². The summed E-state index contributed by atoms with van der Waals surface area (Å²) in [6, 6.07) is 4.17. The fourth-order valence-corrected chi connectivity index (χ4v) is 2.89. The van der Waals surface area contributed by atoms with E-state index < -0.39 is 17.6 Å². The van der Waals surface area contributed by atoms with E-state index in [0.29, 0.717) is 13.1 Å². The highest BCUT2D eigenvalue weighted by atomic mass is 19.4. The number of benzene rings is 1. The predicted molar refractivity (Wildman–Crippen MR) is 95.1 cm³/mol. The van der Waals surface area contributed by atoms with Gasteiger partial charge in [0.2, 0.25) is 0 Å². The van der Waals surface area contributed by atoms with E-state index in [2.05, 4.69) is 34.4 Å². The molecule has 1 heterocycles. The summed E-state index contributed by atoms with van der Waals surface area (Å²) in [5.74, 6) is 0.386. The third kappa shape index (κ3) is 5.37. The van der Waals surface area contributed by atoms with Crippen molar-refractivity contribution in [3.63, 3.8) is 0 Å². The quantitative estimate of drug-likeness (QED) is 0.487. The minimum atomic E-state index is -4.40. The first-order valence-corrected chi connectivity index (χ1v) is 8.53. The normalized spacial score (nSPS) is 17.3. The molecule has 26 heavy (non-hydrogen) atoms. The van der Waals surface area contributed by atoms with E-state index >= 15 is 0 Å². The van der Waals surface area contributed by atoms with Crippen molar-refractivity contribution in [2.75, 3.05) is 33.2 Å². The minimum Gasteiger partial charge on any atom is -0.354 e. The predicted octanol–water partition coefficient (Wildman–Crippen LogP) is 2.74. The molecule has 0 unspecified atom stereocenters. The van der Waals surface area contributed by atoms with Crippen LogP contribution < -0.4 is 10.6 Å². The Balaban J connectivity index is 1.78. The second-order valence-corrected chi connectivity index (χ2v) is 7.14. The summed E-state index contributed by atoms with van der Waals surface area (Å²) < 4.78 is 37.6. The molecule has 0 radical (unpaired) electrons. The molecule has 1 aromatic carbocycles. The number of hydrogen-bond acceptors (Lipinski definition) is 2. The zero-order chi connectivity index (χ0) is 19.4. The topological polar surface area (TPSA) is 56.7 Å². The van der Waals surface area contributed by atoms with E-state index in [9.17, 15) is 18.0 Å². The van der Waals surface area contributed by atoms with Gasteiger partial charge in [0, 0.05) is 38.8 Å². The summed E-state index contributed by atoms with van der Waals surface area (Å²) in [6.45, 7) is 7.11. The Bertz CT molecular complexity index is 653. The van der Waals surface area contributed by atoms with Gasteiger partial charge >= 0.3 is 6.18 Å². The largest absolute Gasteiger partial charge is 0.416 e. The standard InChI is InChI=1S/C18H25F3N4O/c1-17(2)8-11-25(12-17)16(22-3)24-10-9-23-15(26)13-4-6-14(7-5-13)18(19,20)21/h4-7H,8-12H2,1-3H3,(H,22,24)(H,23,26). The smallest absolute Gasteiger partial charge is 0.354 e. The average Bonchev–Trinajstić information content (AvgIpc) is 2.94. The van der Waals surface area contributed by atoms with Gasteiger partial charge in [0.05, 0.1) is 5.56 Å². The van der Waals surface area contributed by atoms with Gasteiger partial charge in [0.15, 0.2) is 5.96 Å². The highest BCUT2D eigenvalue weighted by Crippen LogP contribution is 2.29. The molecule has 0 bridgehead atoms. The molecule has 0 atom stereocenters. The number of hydrogen-bond donors (Lipinski definition) is 2. The third-order valence-electron chi connectivity index (χ3n) is 4.36. The summed E-state index contributed by atoms with van der Waals surface area (Å²) in [5, 5.41) is 5.88. The Morgan fingerprint density at radius 3 is 2.31 bits per heavy atom. The zero-order valence-electron chi connectivity index (χ0n) is 15.3. The number of likely N-dealkylation sites (tertiary alicyclic amines) is 1. The Hall–Kier alpha value is -2.25. The molecule has 0 spiro atoms. The summed E-state index contributed by atoms with van der Waals surface area (Å²) in [5.41, 5.74) is -0.314. The van der Waals surface area contributed by atoms with Gasteiger partial charge < -0.3 is 15.5 Å². The molecule has 1 saturated heterocycles. The van der Waals surface area contributed by atoms with E-state index in [1.165, 1.54) is 12.1 Å². The Morgan fingerprint density at radius 1 is 1.19 bits per heavy atom. The van der Waals surface area contributed by atoms with Gasteiger partial charge in [-0.15, -0.1) is 0 Å². The van der Waals surface area contributed by atoms with E-state index in [1.807, 2.05) is 0 Å². The van der Waals surface area contributed by atoms with Crippen molar-refractivity contribution in [2.45, 2.75) is 26.4 Å². The van der Waals surface area contributed by atoms with Crippen molar-refractivity contribution >= 4 is 11.9 Å². The number of guanidine groups is 1. The van der Waals surface area contributed by atoms with Crippen LogP contribution in [0.15, 0.2) is 29.3 Å². The lowest BCUT2D eigenvalue weighted by Gasteiger charge is -2.23. The molecule has 0 aromatic heterocycles. The fraction of sp³-hybridized carbons (Fsp3) is 0.556. The molecule has 2 N–H and O–H groups in total. The number of nitrogens with one attached hydrogen (secondary N) is 2. The summed E-state index contributed by atoms with van der Waals surface area (Å²) in [7, 11) is 1.72. The van der Waals surface area contributed by atoms with Crippen LogP contribution in [0.25, 0.3) is 0 Å². The van der Waals surface area contributed by atoms with Gasteiger partial charge in [0.1, 0.15) is 0 Å². The lowest BCUT2D eigenvalue weighted by molar-refractivity contribution is -0.137. The molecule has 2 rings (SSSR count). The monoisotopic (exact) mass is 370 g/mol. The van der Waals surface area contributed by atoms with E-state index in [1.54, 1.807) is 7.05 Å². The van der Waals surface area contributed by atoms with Gasteiger partial charge in [-0.2, -0.15) is 13.2 Å². The number of rotatable bonds is 4. The highest BCUT2D eigenvalue weighted by molar-refractivity contribution is 5.94. The van der Waals surface area contributed by atoms with Gasteiger partial charge in [-0.3, -0.25) is 9.79 Å². The number of amides is 1. The molecule has 1 aromatic rings. The van der Waals surface area contributed by atoms with Crippen molar-refractivity contribution in [3.8, 4) is 0 Å².